The van der Waals surface area contributed by atoms with E-state index in [1.165, 1.54) is 18.0 Å². The van der Waals surface area contributed by atoms with E-state index in [1.807, 2.05) is 0 Å². The number of nitrogens with zero attached hydrogens (tertiary/aromatic N) is 1. The Morgan fingerprint density at radius 1 is 1.30 bits per heavy atom. The van der Waals surface area contributed by atoms with Crippen LogP contribution in [0.5, 0.6) is 0 Å². The number of nitrogens with two attached hydrogens (primary N) is 1. The van der Waals surface area contributed by atoms with Crippen LogP contribution in [0.3, 0.4) is 0 Å². The molecule has 1 rings (SSSR count). The van der Waals surface area contributed by atoms with E-state index in [4.69, 9.17) is 5.14 Å². The molecule has 1 atom stereocenters. The Labute approximate surface area is 136 Å². The van der Waals surface area contributed by atoms with Crippen molar-refractivity contribution in [3.63, 3.8) is 0 Å². The summed E-state index contributed by atoms with van der Waals surface area (Å²) in [4.78, 5) is 25.3. The summed E-state index contributed by atoms with van der Waals surface area (Å²) in [6, 6.07) is 2.57. The molecule has 0 saturated heterocycles. The highest BCUT2D eigenvalue weighted by molar-refractivity contribution is 7.89. The molecule has 0 aliphatic rings. The second-order valence-corrected chi connectivity index (χ2v) is 7.13. The van der Waals surface area contributed by atoms with Gasteiger partial charge >= 0.3 is 0 Å². The standard InChI is InChI=1S/C15H23N3O4S/c1-9-6-12(8-13(11(9)3)23(16,21)22)15(20)18(5)10(2)7-14(19)17-4/h6,8,10H,7H2,1-5H3,(H,17,19)(H2,16,21,22). The van der Waals surface area contributed by atoms with Crippen molar-refractivity contribution in [2.75, 3.05) is 14.1 Å². The molecule has 1 aromatic carbocycles. The smallest absolute Gasteiger partial charge is 0.253 e. The number of sulfonamides is 1. The van der Waals surface area contributed by atoms with Gasteiger partial charge in [0.25, 0.3) is 5.91 Å². The van der Waals surface area contributed by atoms with Crippen LogP contribution in [0.2, 0.25) is 0 Å². The Bertz CT molecular complexity index is 728. The summed E-state index contributed by atoms with van der Waals surface area (Å²) in [5.74, 6) is -0.545. The van der Waals surface area contributed by atoms with Gasteiger partial charge in [0.2, 0.25) is 15.9 Å². The Morgan fingerprint density at radius 3 is 2.35 bits per heavy atom. The number of aryl methyl sites for hydroxylation is 1. The van der Waals surface area contributed by atoms with E-state index in [2.05, 4.69) is 5.32 Å². The van der Waals surface area contributed by atoms with Crippen LogP contribution in [0.25, 0.3) is 0 Å². The van der Waals surface area contributed by atoms with Crippen LogP contribution in [-0.2, 0) is 14.8 Å². The van der Waals surface area contributed by atoms with Gasteiger partial charge in [-0.05, 0) is 44.0 Å². The molecule has 0 fully saturated rings. The number of rotatable bonds is 5. The predicted molar refractivity (Wildman–Crippen MR) is 87.5 cm³/mol. The Kier molecular flexibility index (Phi) is 5.90. The molecular weight excluding hydrogens is 318 g/mol. The molecule has 0 saturated carbocycles. The van der Waals surface area contributed by atoms with Crippen molar-refractivity contribution in [3.8, 4) is 0 Å². The third kappa shape index (κ3) is 4.52. The van der Waals surface area contributed by atoms with Crippen LogP contribution in [0.4, 0.5) is 0 Å². The third-order valence-corrected chi connectivity index (χ3v) is 4.95. The molecule has 0 radical (unpaired) electrons. The van der Waals surface area contributed by atoms with Crippen molar-refractivity contribution in [1.82, 2.24) is 10.2 Å². The fraction of sp³-hybridized carbons (Fsp3) is 0.467. The molecule has 2 amide bonds. The normalized spacial score (nSPS) is 12.6. The molecule has 0 spiro atoms. The van der Waals surface area contributed by atoms with E-state index < -0.39 is 10.0 Å². The lowest BCUT2D eigenvalue weighted by atomic mass is 10.0. The molecule has 0 aliphatic carbocycles. The van der Waals surface area contributed by atoms with Crippen molar-refractivity contribution in [2.24, 2.45) is 5.14 Å². The molecule has 7 nitrogen and oxygen atoms in total. The van der Waals surface area contributed by atoms with E-state index in [0.717, 1.165) is 0 Å². The molecule has 1 unspecified atom stereocenters. The second kappa shape index (κ2) is 7.10. The van der Waals surface area contributed by atoms with E-state index >= 15 is 0 Å². The molecule has 23 heavy (non-hydrogen) atoms. The molecule has 0 aliphatic heterocycles. The average Bonchev–Trinajstić information content (AvgIpc) is 2.46. The molecule has 1 aromatic rings. The van der Waals surface area contributed by atoms with E-state index in [-0.39, 0.29) is 34.7 Å². The zero-order chi connectivity index (χ0) is 17.9. The highest BCUT2D eigenvalue weighted by Crippen LogP contribution is 2.21. The number of carbonyl (C=O) groups is 2. The first kappa shape index (κ1) is 19.1. The van der Waals surface area contributed by atoms with E-state index in [1.54, 1.807) is 33.9 Å². The molecule has 128 valence electrons. The lowest BCUT2D eigenvalue weighted by Crippen LogP contribution is -2.38. The molecule has 0 heterocycles. The molecule has 3 N–H and O–H groups in total. The van der Waals surface area contributed by atoms with Crippen molar-refractivity contribution in [2.45, 2.75) is 38.1 Å². The first-order valence-corrected chi connectivity index (χ1v) is 8.65. The number of amides is 2. The van der Waals surface area contributed by atoms with Crippen molar-refractivity contribution < 1.29 is 18.0 Å². The minimum atomic E-state index is -3.92. The van der Waals surface area contributed by atoms with Gasteiger partial charge in [0.15, 0.2) is 0 Å². The van der Waals surface area contributed by atoms with Gasteiger partial charge in [-0.15, -0.1) is 0 Å². The van der Waals surface area contributed by atoms with Crippen molar-refractivity contribution >= 4 is 21.8 Å². The van der Waals surface area contributed by atoms with Crippen LogP contribution in [0, 0.1) is 13.8 Å². The van der Waals surface area contributed by atoms with Crippen LogP contribution in [-0.4, -0.2) is 45.3 Å². The lowest BCUT2D eigenvalue weighted by Gasteiger charge is -2.25. The first-order chi connectivity index (χ1) is 10.5. The highest BCUT2D eigenvalue weighted by atomic mass is 32.2. The van der Waals surface area contributed by atoms with Gasteiger partial charge in [0.05, 0.1) is 4.90 Å². The molecule has 0 aromatic heterocycles. The number of primary sulfonamides is 1. The van der Waals surface area contributed by atoms with Crippen molar-refractivity contribution in [3.05, 3.63) is 28.8 Å². The largest absolute Gasteiger partial charge is 0.359 e. The van der Waals surface area contributed by atoms with Crippen LogP contribution < -0.4 is 10.5 Å². The fourth-order valence-electron chi connectivity index (χ4n) is 2.16. The van der Waals surface area contributed by atoms with Crippen LogP contribution in [0.15, 0.2) is 17.0 Å². The SMILES string of the molecule is CNC(=O)CC(C)N(C)C(=O)c1cc(C)c(C)c(S(N)(=O)=O)c1. The molecular formula is C15H23N3O4S. The summed E-state index contributed by atoms with van der Waals surface area (Å²) in [5.41, 5.74) is 1.40. The monoisotopic (exact) mass is 341 g/mol. The summed E-state index contributed by atoms with van der Waals surface area (Å²) >= 11 is 0. The van der Waals surface area contributed by atoms with Gasteiger partial charge in [0, 0.05) is 32.1 Å². The maximum absolute atomic E-state index is 12.6. The Hall–Kier alpha value is -1.93. The summed E-state index contributed by atoms with van der Waals surface area (Å²) in [6.45, 7) is 5.10. The summed E-state index contributed by atoms with van der Waals surface area (Å²) in [5, 5.41) is 7.71. The van der Waals surface area contributed by atoms with Gasteiger partial charge in [-0.25, -0.2) is 13.6 Å². The zero-order valence-corrected chi connectivity index (χ0v) is 14.8. The van der Waals surface area contributed by atoms with Gasteiger partial charge in [-0.3, -0.25) is 9.59 Å². The minimum absolute atomic E-state index is 0.0618. The summed E-state index contributed by atoms with van der Waals surface area (Å²) < 4.78 is 23.3. The third-order valence-electron chi connectivity index (χ3n) is 3.91. The fourth-order valence-corrected chi connectivity index (χ4v) is 3.04. The maximum atomic E-state index is 12.6. The average molecular weight is 341 g/mol. The van der Waals surface area contributed by atoms with Crippen LogP contribution in [0.1, 0.15) is 34.8 Å². The summed E-state index contributed by atoms with van der Waals surface area (Å²) in [7, 11) is -0.818. The van der Waals surface area contributed by atoms with Gasteiger partial charge in [0.1, 0.15) is 0 Å². The number of nitrogens with one attached hydrogen (secondary N) is 1. The van der Waals surface area contributed by atoms with E-state index in [9.17, 15) is 18.0 Å². The minimum Gasteiger partial charge on any atom is -0.359 e. The first-order valence-electron chi connectivity index (χ1n) is 7.10. The van der Waals surface area contributed by atoms with Gasteiger partial charge in [-0.1, -0.05) is 0 Å². The Morgan fingerprint density at radius 2 is 1.87 bits per heavy atom. The van der Waals surface area contributed by atoms with Crippen LogP contribution >= 0.6 is 0 Å². The number of carbonyl (C=O) groups excluding carboxylic acids is 2. The second-order valence-electron chi connectivity index (χ2n) is 5.60. The number of benzene rings is 1. The van der Waals surface area contributed by atoms with E-state index in [0.29, 0.717) is 11.1 Å². The predicted octanol–water partition coefficient (Wildman–Crippen LogP) is 0.547. The summed E-state index contributed by atoms with van der Waals surface area (Å²) in [6.07, 6.45) is 0.158. The zero-order valence-electron chi connectivity index (χ0n) is 14.0. The van der Waals surface area contributed by atoms with Crippen molar-refractivity contribution in [1.29, 1.82) is 0 Å². The maximum Gasteiger partial charge on any atom is 0.253 e. The topological polar surface area (TPSA) is 110 Å². The quantitative estimate of drug-likeness (QED) is 0.815. The number of hydrogen-bond acceptors (Lipinski definition) is 4. The Balaban J connectivity index is 3.18. The molecule has 0 bridgehead atoms. The molecule has 8 heteroatoms. The number of hydrogen-bond donors (Lipinski definition) is 2. The highest BCUT2D eigenvalue weighted by Gasteiger charge is 2.22. The lowest BCUT2D eigenvalue weighted by molar-refractivity contribution is -0.121. The van der Waals surface area contributed by atoms with Gasteiger partial charge < -0.3 is 10.2 Å². The van der Waals surface area contributed by atoms with Gasteiger partial charge in [-0.2, -0.15) is 0 Å².